The maximum atomic E-state index is 13.5. The highest BCUT2D eigenvalue weighted by molar-refractivity contribution is 6.08. The van der Waals surface area contributed by atoms with E-state index in [1.807, 2.05) is 0 Å². The van der Waals surface area contributed by atoms with Crippen molar-refractivity contribution in [1.82, 2.24) is 0 Å². The molecule has 0 bridgehead atoms. The van der Waals surface area contributed by atoms with E-state index < -0.39 is 40.7 Å². The summed E-state index contributed by atoms with van der Waals surface area (Å²) in [7, 11) is 0. The molecule has 0 radical (unpaired) electrons. The molecule has 0 N–H and O–H groups in total. The van der Waals surface area contributed by atoms with Gasteiger partial charge in [0.15, 0.2) is 5.78 Å². The van der Waals surface area contributed by atoms with Crippen LogP contribution in [-0.2, 0) is 9.53 Å². The number of hydrogen-bond donors (Lipinski definition) is 0. The number of esters is 1. The quantitative estimate of drug-likeness (QED) is 0.471. The van der Waals surface area contributed by atoms with Crippen LogP contribution in [0.25, 0.3) is 0 Å². The fourth-order valence-corrected chi connectivity index (χ4v) is 1.65. The largest absolute Gasteiger partial charge is 0.465 e. The molecule has 0 aromatic heterocycles. The number of ketones is 1. The lowest BCUT2D eigenvalue weighted by molar-refractivity contribution is -0.146. The van der Waals surface area contributed by atoms with E-state index in [-0.39, 0.29) is 13.0 Å². The lowest BCUT2D eigenvalue weighted by atomic mass is 9.94. The molecule has 0 aliphatic carbocycles. The van der Waals surface area contributed by atoms with Crippen molar-refractivity contribution in [2.24, 2.45) is 5.92 Å². The van der Waals surface area contributed by atoms with Crippen LogP contribution in [0.5, 0.6) is 0 Å². The molecule has 0 saturated carbocycles. The number of Topliss-reactive ketones (excluding diaryl/α,β-unsaturated/α-hetero) is 1. The molecule has 0 amide bonds. The number of halogens is 3. The number of ether oxygens (including phenoxy) is 1. The fraction of sp³-hybridized carbons (Fsp3) is 0.385. The first-order valence-electron chi connectivity index (χ1n) is 5.77. The van der Waals surface area contributed by atoms with Crippen molar-refractivity contribution in [2.75, 3.05) is 6.61 Å². The maximum absolute atomic E-state index is 13.5. The zero-order chi connectivity index (χ0) is 14.6. The second-order valence-electron chi connectivity index (χ2n) is 3.82. The summed E-state index contributed by atoms with van der Waals surface area (Å²) in [5.74, 6) is -6.98. The van der Waals surface area contributed by atoms with E-state index in [0.29, 0.717) is 12.1 Å². The van der Waals surface area contributed by atoms with Gasteiger partial charge in [0.1, 0.15) is 23.4 Å². The first kappa shape index (κ1) is 15.2. The van der Waals surface area contributed by atoms with Gasteiger partial charge in [-0.1, -0.05) is 6.92 Å². The summed E-state index contributed by atoms with van der Waals surface area (Å²) in [5.41, 5.74) is -0.915. The smallest absolute Gasteiger partial charge is 0.316 e. The highest BCUT2D eigenvalue weighted by Crippen LogP contribution is 2.21. The van der Waals surface area contributed by atoms with E-state index in [0.717, 1.165) is 0 Å². The van der Waals surface area contributed by atoms with Crippen LogP contribution >= 0.6 is 0 Å². The Hall–Kier alpha value is -1.85. The third-order valence-corrected chi connectivity index (χ3v) is 2.55. The first-order chi connectivity index (χ1) is 8.92. The van der Waals surface area contributed by atoms with Crippen molar-refractivity contribution in [1.29, 1.82) is 0 Å². The SMILES string of the molecule is CCOC(=O)C(CC)C(=O)c1c(F)cc(F)cc1F. The molecular weight excluding hydrogens is 261 g/mol. The average Bonchev–Trinajstić information content (AvgIpc) is 2.28. The molecule has 6 heteroatoms. The first-order valence-corrected chi connectivity index (χ1v) is 5.77. The van der Waals surface area contributed by atoms with Gasteiger partial charge in [-0.3, -0.25) is 9.59 Å². The van der Waals surface area contributed by atoms with Crippen molar-refractivity contribution in [3.8, 4) is 0 Å². The number of carbonyl (C=O) groups is 2. The Bertz CT molecular complexity index is 477. The molecule has 1 aromatic rings. The molecule has 0 spiro atoms. The van der Waals surface area contributed by atoms with Crippen LogP contribution in [0.3, 0.4) is 0 Å². The molecule has 0 heterocycles. The van der Waals surface area contributed by atoms with E-state index >= 15 is 0 Å². The van der Waals surface area contributed by atoms with Crippen LogP contribution in [0.2, 0.25) is 0 Å². The van der Waals surface area contributed by atoms with Gasteiger partial charge in [0, 0.05) is 12.1 Å². The van der Waals surface area contributed by atoms with Crippen LogP contribution in [0.1, 0.15) is 30.6 Å². The number of rotatable bonds is 5. The maximum Gasteiger partial charge on any atom is 0.316 e. The van der Waals surface area contributed by atoms with Gasteiger partial charge in [0.2, 0.25) is 0 Å². The number of hydrogen-bond acceptors (Lipinski definition) is 3. The van der Waals surface area contributed by atoms with E-state index in [2.05, 4.69) is 4.74 Å². The highest BCUT2D eigenvalue weighted by atomic mass is 19.1. The Morgan fingerprint density at radius 2 is 1.68 bits per heavy atom. The van der Waals surface area contributed by atoms with Crippen molar-refractivity contribution in [3.05, 3.63) is 35.1 Å². The minimum absolute atomic E-state index is 0.0356. The molecule has 1 rings (SSSR count). The third kappa shape index (κ3) is 3.33. The van der Waals surface area contributed by atoms with Gasteiger partial charge < -0.3 is 4.74 Å². The van der Waals surface area contributed by atoms with E-state index in [1.54, 1.807) is 6.92 Å². The van der Waals surface area contributed by atoms with Gasteiger partial charge in [-0.25, -0.2) is 13.2 Å². The Kier molecular flexibility index (Phi) is 5.09. The molecule has 0 fully saturated rings. The molecule has 0 aliphatic rings. The second-order valence-corrected chi connectivity index (χ2v) is 3.82. The molecule has 3 nitrogen and oxygen atoms in total. The summed E-state index contributed by atoms with van der Waals surface area (Å²) >= 11 is 0. The predicted molar refractivity (Wildman–Crippen MR) is 61.1 cm³/mol. The van der Waals surface area contributed by atoms with Crippen LogP contribution in [0.4, 0.5) is 13.2 Å². The number of carbonyl (C=O) groups excluding carboxylic acids is 2. The average molecular weight is 274 g/mol. The van der Waals surface area contributed by atoms with Crippen LogP contribution in [-0.4, -0.2) is 18.4 Å². The standard InChI is InChI=1S/C13H13F3O3/c1-3-8(13(18)19-4-2)12(17)11-9(15)5-7(14)6-10(11)16/h5-6,8H,3-4H2,1-2H3. The summed E-state index contributed by atoms with van der Waals surface area (Å²) in [4.78, 5) is 23.5. The van der Waals surface area contributed by atoms with Gasteiger partial charge in [-0.05, 0) is 13.3 Å². The predicted octanol–water partition coefficient (Wildman–Crippen LogP) is 2.88. The molecule has 104 valence electrons. The normalized spacial score (nSPS) is 12.1. The summed E-state index contributed by atoms with van der Waals surface area (Å²) < 4.78 is 44.3. The minimum atomic E-state index is -1.33. The summed E-state index contributed by atoms with van der Waals surface area (Å²) in [6.07, 6.45) is 0.0356. The van der Waals surface area contributed by atoms with Gasteiger partial charge >= 0.3 is 5.97 Å². The Morgan fingerprint density at radius 3 is 2.11 bits per heavy atom. The van der Waals surface area contributed by atoms with Crippen molar-refractivity contribution < 1.29 is 27.5 Å². The lowest BCUT2D eigenvalue weighted by Gasteiger charge is -2.13. The summed E-state index contributed by atoms with van der Waals surface area (Å²) in [5, 5.41) is 0. The molecular formula is C13H13F3O3. The summed E-state index contributed by atoms with van der Waals surface area (Å²) in [6.45, 7) is 3.12. The van der Waals surface area contributed by atoms with Crippen LogP contribution < -0.4 is 0 Å². The van der Waals surface area contributed by atoms with Crippen molar-refractivity contribution in [2.45, 2.75) is 20.3 Å². The van der Waals surface area contributed by atoms with Crippen molar-refractivity contribution >= 4 is 11.8 Å². The molecule has 0 aliphatic heterocycles. The number of benzene rings is 1. The topological polar surface area (TPSA) is 43.4 Å². The highest BCUT2D eigenvalue weighted by Gasteiger charge is 2.31. The zero-order valence-electron chi connectivity index (χ0n) is 10.5. The Morgan fingerprint density at radius 1 is 1.16 bits per heavy atom. The Balaban J connectivity index is 3.15. The van der Waals surface area contributed by atoms with Gasteiger partial charge in [0.05, 0.1) is 12.2 Å². The van der Waals surface area contributed by atoms with Crippen LogP contribution in [0, 0.1) is 23.4 Å². The molecule has 1 unspecified atom stereocenters. The van der Waals surface area contributed by atoms with Crippen LogP contribution in [0.15, 0.2) is 12.1 Å². The third-order valence-electron chi connectivity index (χ3n) is 2.55. The van der Waals surface area contributed by atoms with E-state index in [9.17, 15) is 22.8 Å². The van der Waals surface area contributed by atoms with E-state index in [4.69, 9.17) is 0 Å². The molecule has 1 atom stereocenters. The van der Waals surface area contributed by atoms with Gasteiger partial charge in [-0.15, -0.1) is 0 Å². The molecule has 19 heavy (non-hydrogen) atoms. The monoisotopic (exact) mass is 274 g/mol. The fourth-order valence-electron chi connectivity index (χ4n) is 1.65. The Labute approximate surface area is 108 Å². The van der Waals surface area contributed by atoms with Gasteiger partial charge in [0.25, 0.3) is 0 Å². The molecule has 0 saturated heterocycles. The van der Waals surface area contributed by atoms with Gasteiger partial charge in [-0.2, -0.15) is 0 Å². The lowest BCUT2D eigenvalue weighted by Crippen LogP contribution is -2.27. The zero-order valence-corrected chi connectivity index (χ0v) is 10.5. The second kappa shape index (κ2) is 6.36. The van der Waals surface area contributed by atoms with E-state index in [1.165, 1.54) is 6.92 Å². The molecule has 1 aromatic carbocycles. The summed E-state index contributed by atoms with van der Waals surface area (Å²) in [6, 6.07) is 0.794. The van der Waals surface area contributed by atoms with Crippen molar-refractivity contribution in [3.63, 3.8) is 0 Å². The minimum Gasteiger partial charge on any atom is -0.465 e.